The predicted octanol–water partition coefficient (Wildman–Crippen LogP) is 2.26. The molecule has 1 aliphatic rings. The quantitative estimate of drug-likeness (QED) is 0.775. The molecule has 0 atom stereocenters. The van der Waals surface area contributed by atoms with Crippen LogP contribution < -0.4 is 4.72 Å². The van der Waals surface area contributed by atoms with Gasteiger partial charge in [0.15, 0.2) is 0 Å². The fourth-order valence-corrected chi connectivity index (χ4v) is 4.31. The molecule has 8 heteroatoms. The second-order valence-corrected chi connectivity index (χ2v) is 7.83. The zero-order chi connectivity index (χ0) is 17.4. The SMILES string of the molecule is Cc1cc(S(=O)(=O)Nc2ccc3c(c2)CCC3)ccc1-n1cnnn1. The molecule has 2 aromatic carbocycles. The number of nitrogens with one attached hydrogen (secondary N) is 1. The van der Waals surface area contributed by atoms with Crippen LogP contribution in [-0.2, 0) is 22.9 Å². The van der Waals surface area contributed by atoms with Crippen molar-refractivity contribution in [3.05, 3.63) is 59.4 Å². The number of hydrogen-bond acceptors (Lipinski definition) is 5. The van der Waals surface area contributed by atoms with Gasteiger partial charge >= 0.3 is 0 Å². The number of hydrogen-bond donors (Lipinski definition) is 1. The van der Waals surface area contributed by atoms with E-state index in [2.05, 4.69) is 20.2 Å². The highest BCUT2D eigenvalue weighted by atomic mass is 32.2. The molecule has 1 aromatic heterocycles. The summed E-state index contributed by atoms with van der Waals surface area (Å²) in [6.07, 6.45) is 4.67. The first-order valence-corrected chi connectivity index (χ1v) is 9.50. The Hall–Kier alpha value is -2.74. The highest BCUT2D eigenvalue weighted by molar-refractivity contribution is 7.92. The van der Waals surface area contributed by atoms with Crippen molar-refractivity contribution in [1.82, 2.24) is 20.2 Å². The number of aryl methyl sites for hydroxylation is 3. The molecule has 0 fully saturated rings. The smallest absolute Gasteiger partial charge is 0.261 e. The van der Waals surface area contributed by atoms with Gasteiger partial charge in [-0.15, -0.1) is 5.10 Å². The molecule has 0 saturated heterocycles. The van der Waals surface area contributed by atoms with Gasteiger partial charge in [0.25, 0.3) is 10.0 Å². The van der Waals surface area contributed by atoms with Gasteiger partial charge in [-0.2, -0.15) is 0 Å². The van der Waals surface area contributed by atoms with E-state index in [0.717, 1.165) is 30.5 Å². The van der Waals surface area contributed by atoms with E-state index in [9.17, 15) is 8.42 Å². The number of tetrazole rings is 1. The number of rotatable bonds is 4. The zero-order valence-electron chi connectivity index (χ0n) is 13.7. The zero-order valence-corrected chi connectivity index (χ0v) is 14.5. The van der Waals surface area contributed by atoms with E-state index in [-0.39, 0.29) is 4.90 Å². The average molecular weight is 355 g/mol. The van der Waals surface area contributed by atoms with E-state index in [4.69, 9.17) is 0 Å². The van der Waals surface area contributed by atoms with Gasteiger partial charge in [-0.25, -0.2) is 13.1 Å². The molecule has 25 heavy (non-hydrogen) atoms. The Bertz CT molecular complexity index is 1030. The van der Waals surface area contributed by atoms with Crippen molar-refractivity contribution in [1.29, 1.82) is 0 Å². The second-order valence-electron chi connectivity index (χ2n) is 6.15. The monoisotopic (exact) mass is 355 g/mol. The Kier molecular flexibility index (Phi) is 3.76. The highest BCUT2D eigenvalue weighted by Gasteiger charge is 2.18. The Morgan fingerprint density at radius 3 is 2.68 bits per heavy atom. The van der Waals surface area contributed by atoms with Gasteiger partial charge in [0.1, 0.15) is 6.33 Å². The Morgan fingerprint density at radius 2 is 1.92 bits per heavy atom. The van der Waals surface area contributed by atoms with Crippen molar-refractivity contribution in [2.75, 3.05) is 4.72 Å². The van der Waals surface area contributed by atoms with Crippen molar-refractivity contribution < 1.29 is 8.42 Å². The molecule has 4 rings (SSSR count). The van der Waals surface area contributed by atoms with E-state index in [1.54, 1.807) is 18.2 Å². The summed E-state index contributed by atoms with van der Waals surface area (Å²) in [7, 11) is -3.65. The van der Waals surface area contributed by atoms with Crippen molar-refractivity contribution in [2.45, 2.75) is 31.1 Å². The van der Waals surface area contributed by atoms with Crippen LogP contribution in [0.5, 0.6) is 0 Å². The van der Waals surface area contributed by atoms with Gasteiger partial charge in [-0.05, 0) is 83.6 Å². The topological polar surface area (TPSA) is 89.8 Å². The molecule has 3 aromatic rings. The maximum absolute atomic E-state index is 12.7. The molecule has 128 valence electrons. The minimum atomic E-state index is -3.65. The van der Waals surface area contributed by atoms with E-state index < -0.39 is 10.0 Å². The van der Waals surface area contributed by atoms with Crippen molar-refractivity contribution >= 4 is 15.7 Å². The van der Waals surface area contributed by atoms with Crippen LogP contribution in [0.15, 0.2) is 47.6 Å². The summed E-state index contributed by atoms with van der Waals surface area (Å²) in [5.74, 6) is 0. The van der Waals surface area contributed by atoms with Gasteiger partial charge in [0.05, 0.1) is 10.6 Å². The number of nitrogens with zero attached hydrogens (tertiary/aromatic N) is 4. The molecule has 1 heterocycles. The molecule has 1 N–H and O–H groups in total. The lowest BCUT2D eigenvalue weighted by Gasteiger charge is -2.11. The first-order chi connectivity index (χ1) is 12.0. The number of benzene rings is 2. The summed E-state index contributed by atoms with van der Waals surface area (Å²) in [6, 6.07) is 10.6. The number of aromatic nitrogens is 4. The van der Waals surface area contributed by atoms with Crippen molar-refractivity contribution in [3.8, 4) is 5.69 Å². The molecule has 0 unspecified atom stereocenters. The van der Waals surface area contributed by atoms with Crippen molar-refractivity contribution in [3.63, 3.8) is 0 Å². The van der Waals surface area contributed by atoms with Crippen LogP contribution in [0, 0.1) is 6.92 Å². The van der Waals surface area contributed by atoms with E-state index in [1.807, 2.05) is 25.1 Å². The van der Waals surface area contributed by atoms with Gasteiger partial charge in [0, 0.05) is 5.69 Å². The lowest BCUT2D eigenvalue weighted by atomic mass is 10.1. The van der Waals surface area contributed by atoms with Crippen LogP contribution in [0.25, 0.3) is 5.69 Å². The first-order valence-electron chi connectivity index (χ1n) is 8.01. The van der Waals surface area contributed by atoms with Gasteiger partial charge in [0.2, 0.25) is 0 Å². The molecule has 0 spiro atoms. The third-order valence-electron chi connectivity index (χ3n) is 4.43. The Balaban J connectivity index is 1.63. The third-order valence-corrected chi connectivity index (χ3v) is 5.80. The van der Waals surface area contributed by atoms with E-state index >= 15 is 0 Å². The fraction of sp³-hybridized carbons (Fsp3) is 0.235. The summed E-state index contributed by atoms with van der Waals surface area (Å²) in [5.41, 5.74) is 4.64. The van der Waals surface area contributed by atoms with Crippen molar-refractivity contribution in [2.24, 2.45) is 0 Å². The van der Waals surface area contributed by atoms with Crippen LogP contribution in [0.4, 0.5) is 5.69 Å². The van der Waals surface area contributed by atoms with Crippen LogP contribution in [0.3, 0.4) is 0 Å². The Morgan fingerprint density at radius 1 is 1.08 bits per heavy atom. The van der Waals surface area contributed by atoms with Crippen LogP contribution in [0.1, 0.15) is 23.1 Å². The molecular weight excluding hydrogens is 338 g/mol. The standard InChI is InChI=1S/C17H17N5O2S/c1-12-9-16(7-8-17(12)22-11-18-20-21-22)25(23,24)19-15-6-5-13-3-2-4-14(13)10-15/h5-11,19H,2-4H2,1H3. The van der Waals surface area contributed by atoms with E-state index in [1.165, 1.54) is 22.1 Å². The molecular formula is C17H17N5O2S. The van der Waals surface area contributed by atoms with Crippen LogP contribution in [0.2, 0.25) is 0 Å². The highest BCUT2D eigenvalue weighted by Crippen LogP contribution is 2.27. The molecule has 1 aliphatic carbocycles. The normalized spacial score (nSPS) is 13.6. The lowest BCUT2D eigenvalue weighted by Crippen LogP contribution is -2.14. The Labute approximate surface area is 145 Å². The lowest BCUT2D eigenvalue weighted by molar-refractivity contribution is 0.601. The molecule has 0 bridgehead atoms. The van der Waals surface area contributed by atoms with E-state index in [0.29, 0.717) is 5.69 Å². The summed E-state index contributed by atoms with van der Waals surface area (Å²) in [4.78, 5) is 0.210. The number of anilines is 1. The second kappa shape index (κ2) is 5.96. The van der Waals surface area contributed by atoms with Crippen LogP contribution in [-0.4, -0.2) is 28.6 Å². The van der Waals surface area contributed by atoms with Gasteiger partial charge < -0.3 is 0 Å². The maximum Gasteiger partial charge on any atom is 0.261 e. The molecule has 0 aliphatic heterocycles. The minimum absolute atomic E-state index is 0.210. The maximum atomic E-state index is 12.7. The molecule has 0 saturated carbocycles. The number of fused-ring (bicyclic) bond motifs is 1. The van der Waals surface area contributed by atoms with Crippen LogP contribution >= 0.6 is 0 Å². The number of sulfonamides is 1. The summed E-state index contributed by atoms with van der Waals surface area (Å²) < 4.78 is 29.6. The predicted molar refractivity (Wildman–Crippen MR) is 93.2 cm³/mol. The summed E-state index contributed by atoms with van der Waals surface area (Å²) >= 11 is 0. The summed E-state index contributed by atoms with van der Waals surface area (Å²) in [6.45, 7) is 1.82. The summed E-state index contributed by atoms with van der Waals surface area (Å²) in [5, 5.41) is 11.0. The third kappa shape index (κ3) is 3.00. The van der Waals surface area contributed by atoms with Gasteiger partial charge in [-0.1, -0.05) is 6.07 Å². The average Bonchev–Trinajstić information content (AvgIpc) is 3.25. The largest absolute Gasteiger partial charge is 0.280 e. The molecule has 7 nitrogen and oxygen atoms in total. The molecule has 0 radical (unpaired) electrons. The van der Waals surface area contributed by atoms with Gasteiger partial charge in [-0.3, -0.25) is 4.72 Å². The minimum Gasteiger partial charge on any atom is -0.280 e. The molecule has 0 amide bonds. The first kappa shape index (κ1) is 15.8. The fourth-order valence-electron chi connectivity index (χ4n) is 3.17.